The standard InChI is InChI=1S/C15H14N2O3/c18-14-8-12-6-7-17(15(19)20)13(12)10-16(14)9-11-4-2-1-3-5-11/h1-5,8,10H,6-7,9H2,(H,19,20). The van der Waals surface area contributed by atoms with E-state index in [1.54, 1.807) is 16.8 Å². The maximum absolute atomic E-state index is 12.1. The van der Waals surface area contributed by atoms with Crippen LogP contribution in [0.4, 0.5) is 10.5 Å². The summed E-state index contributed by atoms with van der Waals surface area (Å²) in [5.74, 6) is 0. The number of carboxylic acid groups (broad SMARTS) is 1. The molecule has 1 N–H and O–H groups in total. The smallest absolute Gasteiger partial charge is 0.411 e. The van der Waals surface area contributed by atoms with E-state index in [0.29, 0.717) is 25.2 Å². The lowest BCUT2D eigenvalue weighted by Gasteiger charge is -2.14. The van der Waals surface area contributed by atoms with Crippen LogP contribution in [0.2, 0.25) is 0 Å². The van der Waals surface area contributed by atoms with Crippen LogP contribution in [0.25, 0.3) is 0 Å². The molecule has 1 aliphatic heterocycles. The summed E-state index contributed by atoms with van der Waals surface area (Å²) in [6, 6.07) is 11.2. The second kappa shape index (κ2) is 4.85. The van der Waals surface area contributed by atoms with Crippen LogP contribution in [0.15, 0.2) is 47.4 Å². The molecule has 1 amide bonds. The van der Waals surface area contributed by atoms with E-state index < -0.39 is 6.09 Å². The van der Waals surface area contributed by atoms with Crippen LogP contribution in [0.3, 0.4) is 0 Å². The van der Waals surface area contributed by atoms with Gasteiger partial charge in [-0.3, -0.25) is 9.69 Å². The number of amides is 1. The molecule has 1 aliphatic rings. The van der Waals surface area contributed by atoms with Crippen LogP contribution < -0.4 is 10.5 Å². The quantitative estimate of drug-likeness (QED) is 0.907. The van der Waals surface area contributed by atoms with Gasteiger partial charge in [-0.2, -0.15) is 0 Å². The van der Waals surface area contributed by atoms with Crippen molar-refractivity contribution in [3.63, 3.8) is 0 Å². The first-order chi connectivity index (χ1) is 9.65. The molecule has 0 saturated carbocycles. The van der Waals surface area contributed by atoms with Crippen LogP contribution in [0, 0.1) is 0 Å². The fraction of sp³-hybridized carbons (Fsp3) is 0.200. The number of carbonyl (C=O) groups is 1. The predicted molar refractivity (Wildman–Crippen MR) is 75.3 cm³/mol. The third-order valence-corrected chi connectivity index (χ3v) is 3.51. The molecule has 0 aliphatic carbocycles. The average Bonchev–Trinajstić information content (AvgIpc) is 2.83. The summed E-state index contributed by atoms with van der Waals surface area (Å²) < 4.78 is 1.55. The van der Waals surface area contributed by atoms with Gasteiger partial charge in [0.2, 0.25) is 0 Å². The van der Waals surface area contributed by atoms with Crippen molar-refractivity contribution in [2.45, 2.75) is 13.0 Å². The van der Waals surface area contributed by atoms with Crippen LogP contribution >= 0.6 is 0 Å². The molecule has 3 rings (SSSR count). The molecule has 2 aromatic rings. The van der Waals surface area contributed by atoms with Crippen LogP contribution in [0.1, 0.15) is 11.1 Å². The first-order valence-electron chi connectivity index (χ1n) is 6.43. The van der Waals surface area contributed by atoms with Gasteiger partial charge in [-0.05, 0) is 17.5 Å². The van der Waals surface area contributed by atoms with Crippen LogP contribution in [0.5, 0.6) is 0 Å². The van der Waals surface area contributed by atoms with Crippen molar-refractivity contribution in [2.24, 2.45) is 0 Å². The highest BCUT2D eigenvalue weighted by molar-refractivity contribution is 5.88. The summed E-state index contributed by atoms with van der Waals surface area (Å²) in [6.45, 7) is 0.861. The van der Waals surface area contributed by atoms with Crippen molar-refractivity contribution in [1.82, 2.24) is 4.57 Å². The Morgan fingerprint density at radius 2 is 2.00 bits per heavy atom. The van der Waals surface area contributed by atoms with Crippen LogP contribution in [-0.4, -0.2) is 22.3 Å². The molecule has 0 fully saturated rings. The number of benzene rings is 1. The number of hydrogen-bond acceptors (Lipinski definition) is 2. The molecule has 0 atom stereocenters. The second-order valence-corrected chi connectivity index (χ2v) is 4.82. The van der Waals surface area contributed by atoms with Gasteiger partial charge in [0, 0.05) is 18.8 Å². The monoisotopic (exact) mass is 270 g/mol. The zero-order chi connectivity index (χ0) is 14.1. The van der Waals surface area contributed by atoms with Gasteiger partial charge in [-0.15, -0.1) is 0 Å². The maximum atomic E-state index is 12.1. The van der Waals surface area contributed by atoms with Gasteiger partial charge in [0.25, 0.3) is 5.56 Å². The lowest BCUT2D eigenvalue weighted by molar-refractivity contribution is 0.202. The molecule has 0 spiro atoms. The highest BCUT2D eigenvalue weighted by Gasteiger charge is 2.25. The molecular weight excluding hydrogens is 256 g/mol. The molecule has 0 unspecified atom stereocenters. The molecule has 2 heterocycles. The lowest BCUT2D eigenvalue weighted by atomic mass is 10.2. The molecule has 0 radical (unpaired) electrons. The van der Waals surface area contributed by atoms with Gasteiger partial charge < -0.3 is 9.67 Å². The Bertz CT molecular complexity index is 707. The minimum Gasteiger partial charge on any atom is -0.465 e. The van der Waals surface area contributed by atoms with E-state index in [0.717, 1.165) is 11.1 Å². The van der Waals surface area contributed by atoms with Crippen molar-refractivity contribution >= 4 is 11.8 Å². The Balaban J connectivity index is 1.99. The van der Waals surface area contributed by atoms with Gasteiger partial charge in [0.1, 0.15) is 0 Å². The van der Waals surface area contributed by atoms with E-state index in [2.05, 4.69) is 0 Å². The summed E-state index contributed by atoms with van der Waals surface area (Å²) in [7, 11) is 0. The molecule has 1 aromatic heterocycles. The van der Waals surface area contributed by atoms with E-state index in [4.69, 9.17) is 5.11 Å². The molecular formula is C15H14N2O3. The van der Waals surface area contributed by atoms with Gasteiger partial charge in [0.15, 0.2) is 0 Å². The Labute approximate surface area is 115 Å². The van der Waals surface area contributed by atoms with Gasteiger partial charge in [-0.25, -0.2) is 4.79 Å². The lowest BCUT2D eigenvalue weighted by Crippen LogP contribution is -2.28. The predicted octanol–water partition coefficient (Wildman–Crippen LogP) is 1.94. The third-order valence-electron chi connectivity index (χ3n) is 3.51. The molecule has 1 aromatic carbocycles. The van der Waals surface area contributed by atoms with Crippen molar-refractivity contribution in [1.29, 1.82) is 0 Å². The number of nitrogens with zero attached hydrogens (tertiary/aromatic N) is 2. The highest BCUT2D eigenvalue weighted by atomic mass is 16.4. The number of rotatable bonds is 2. The van der Waals surface area contributed by atoms with Gasteiger partial charge in [0.05, 0.1) is 12.2 Å². The third kappa shape index (κ3) is 2.18. The number of hydrogen-bond donors (Lipinski definition) is 1. The van der Waals surface area contributed by atoms with Gasteiger partial charge >= 0.3 is 6.09 Å². The van der Waals surface area contributed by atoms with Crippen molar-refractivity contribution in [3.8, 4) is 0 Å². The second-order valence-electron chi connectivity index (χ2n) is 4.82. The van der Waals surface area contributed by atoms with Crippen molar-refractivity contribution in [2.75, 3.05) is 11.4 Å². The van der Waals surface area contributed by atoms with Crippen molar-refractivity contribution < 1.29 is 9.90 Å². The van der Waals surface area contributed by atoms with Crippen molar-refractivity contribution in [3.05, 3.63) is 64.1 Å². The SMILES string of the molecule is O=C(O)N1CCc2cc(=O)n(Cc3ccccc3)cc21. The summed E-state index contributed by atoms with van der Waals surface area (Å²) in [5.41, 5.74) is 2.34. The molecule has 102 valence electrons. The average molecular weight is 270 g/mol. The zero-order valence-corrected chi connectivity index (χ0v) is 10.8. The fourth-order valence-corrected chi connectivity index (χ4v) is 2.50. The first kappa shape index (κ1) is 12.5. The summed E-state index contributed by atoms with van der Waals surface area (Å²) in [4.78, 5) is 24.5. The maximum Gasteiger partial charge on any atom is 0.411 e. The largest absolute Gasteiger partial charge is 0.465 e. The molecule has 0 bridgehead atoms. The van der Waals surface area contributed by atoms with E-state index in [-0.39, 0.29) is 5.56 Å². The van der Waals surface area contributed by atoms with Crippen LogP contribution in [-0.2, 0) is 13.0 Å². The number of fused-ring (bicyclic) bond motifs is 1. The molecule has 0 saturated heterocycles. The topological polar surface area (TPSA) is 62.5 Å². The van der Waals surface area contributed by atoms with E-state index in [1.807, 2.05) is 30.3 Å². The normalized spacial score (nSPS) is 13.3. The minimum atomic E-state index is -0.978. The number of pyridine rings is 1. The van der Waals surface area contributed by atoms with E-state index in [9.17, 15) is 9.59 Å². The molecule has 5 heteroatoms. The Morgan fingerprint density at radius 3 is 2.70 bits per heavy atom. The zero-order valence-electron chi connectivity index (χ0n) is 10.8. The number of aromatic nitrogens is 1. The Morgan fingerprint density at radius 1 is 1.25 bits per heavy atom. The summed E-state index contributed by atoms with van der Waals surface area (Å²) >= 11 is 0. The Kier molecular flexibility index (Phi) is 3.02. The summed E-state index contributed by atoms with van der Waals surface area (Å²) in [6.07, 6.45) is 1.27. The fourth-order valence-electron chi connectivity index (χ4n) is 2.50. The molecule has 5 nitrogen and oxygen atoms in total. The minimum absolute atomic E-state index is 0.0974. The van der Waals surface area contributed by atoms with E-state index >= 15 is 0 Å². The van der Waals surface area contributed by atoms with Gasteiger partial charge in [-0.1, -0.05) is 30.3 Å². The first-order valence-corrected chi connectivity index (χ1v) is 6.43. The highest BCUT2D eigenvalue weighted by Crippen LogP contribution is 2.26. The molecule has 20 heavy (non-hydrogen) atoms. The Hall–Kier alpha value is -2.56. The summed E-state index contributed by atoms with van der Waals surface area (Å²) in [5, 5.41) is 9.15. The number of anilines is 1. The van der Waals surface area contributed by atoms with E-state index in [1.165, 1.54) is 4.90 Å².